The van der Waals surface area contributed by atoms with Crippen molar-refractivity contribution in [1.82, 2.24) is 10.6 Å². The van der Waals surface area contributed by atoms with Crippen LogP contribution in [0, 0.1) is 0 Å². The van der Waals surface area contributed by atoms with Crippen molar-refractivity contribution in [3.8, 4) is 0 Å². The lowest BCUT2D eigenvalue weighted by atomic mass is 10.1. The monoisotopic (exact) mass is 397 g/mol. The molecule has 1 aromatic carbocycles. The lowest BCUT2D eigenvalue weighted by Gasteiger charge is -2.23. The molecule has 0 aromatic heterocycles. The van der Waals surface area contributed by atoms with Gasteiger partial charge >= 0.3 is 0 Å². The van der Waals surface area contributed by atoms with Crippen LogP contribution in [0.25, 0.3) is 0 Å². The van der Waals surface area contributed by atoms with E-state index in [4.69, 9.17) is 4.99 Å². The second kappa shape index (κ2) is 9.65. The zero-order valence-corrected chi connectivity index (χ0v) is 17.6. The molecule has 5 nitrogen and oxygen atoms in total. The lowest BCUT2D eigenvalue weighted by molar-refractivity contribution is 0.566. The molecule has 1 heterocycles. The highest BCUT2D eigenvalue weighted by molar-refractivity contribution is 8.00. The normalized spacial score (nSPS) is 22.2. The molecule has 1 aromatic rings. The van der Waals surface area contributed by atoms with Crippen LogP contribution in [-0.4, -0.2) is 49.8 Å². The molecule has 0 saturated carbocycles. The molecule has 1 saturated heterocycles. The number of thioether (sulfide) groups is 1. The van der Waals surface area contributed by atoms with Crippen molar-refractivity contribution in [2.24, 2.45) is 4.99 Å². The molecule has 0 aliphatic carbocycles. The summed E-state index contributed by atoms with van der Waals surface area (Å²) in [5.74, 6) is 1.96. The first-order valence-electron chi connectivity index (χ1n) is 9.35. The Balaban J connectivity index is 2.05. The van der Waals surface area contributed by atoms with Gasteiger partial charge in [-0.1, -0.05) is 25.1 Å². The summed E-state index contributed by atoms with van der Waals surface area (Å²) >= 11 is 1.98. The van der Waals surface area contributed by atoms with Gasteiger partial charge in [0.25, 0.3) is 0 Å². The summed E-state index contributed by atoms with van der Waals surface area (Å²) < 4.78 is 25.5. The van der Waals surface area contributed by atoms with Crippen LogP contribution in [0.1, 0.15) is 40.0 Å². The maximum Gasteiger partial charge on any atom is 0.191 e. The van der Waals surface area contributed by atoms with Crippen molar-refractivity contribution in [3.63, 3.8) is 0 Å². The van der Waals surface area contributed by atoms with Crippen molar-refractivity contribution in [1.29, 1.82) is 0 Å². The van der Waals surface area contributed by atoms with E-state index in [0.29, 0.717) is 17.3 Å². The summed E-state index contributed by atoms with van der Waals surface area (Å²) in [6.45, 7) is 7.77. The average Bonchev–Trinajstić information content (AvgIpc) is 3.07. The SMILES string of the molecule is CCNC(=NCC1(C)CCCS1)NC(CC)CS(=O)(=O)c1ccccc1. The third-order valence-electron chi connectivity index (χ3n) is 4.57. The van der Waals surface area contributed by atoms with E-state index in [1.54, 1.807) is 24.3 Å². The zero-order valence-electron chi connectivity index (χ0n) is 16.0. The molecule has 7 heteroatoms. The van der Waals surface area contributed by atoms with Gasteiger partial charge in [0.05, 0.1) is 17.2 Å². The summed E-state index contributed by atoms with van der Waals surface area (Å²) in [4.78, 5) is 5.11. The first-order valence-corrected chi connectivity index (χ1v) is 12.0. The predicted molar refractivity (Wildman–Crippen MR) is 112 cm³/mol. The van der Waals surface area contributed by atoms with E-state index in [2.05, 4.69) is 17.6 Å². The second-order valence-electron chi connectivity index (χ2n) is 6.94. The van der Waals surface area contributed by atoms with Crippen LogP contribution in [0.2, 0.25) is 0 Å². The predicted octanol–water partition coefficient (Wildman–Crippen LogP) is 3.08. The molecule has 0 amide bonds. The van der Waals surface area contributed by atoms with E-state index < -0.39 is 9.84 Å². The van der Waals surface area contributed by atoms with Crippen LogP contribution in [0.3, 0.4) is 0 Å². The zero-order chi connectivity index (χ0) is 19.0. The fourth-order valence-corrected chi connectivity index (χ4v) is 5.81. The third kappa shape index (κ3) is 6.20. The second-order valence-corrected chi connectivity index (χ2v) is 10.7. The Hall–Kier alpha value is -1.21. The number of rotatable bonds is 8. The molecule has 0 spiro atoms. The summed E-state index contributed by atoms with van der Waals surface area (Å²) in [7, 11) is -3.32. The average molecular weight is 398 g/mol. The number of benzene rings is 1. The lowest BCUT2D eigenvalue weighted by Crippen LogP contribution is -2.46. The Bertz CT molecular complexity index is 684. The Morgan fingerprint density at radius 3 is 2.62 bits per heavy atom. The Morgan fingerprint density at radius 1 is 1.31 bits per heavy atom. The molecule has 1 aliphatic heterocycles. The first kappa shape index (κ1) is 21.1. The minimum absolute atomic E-state index is 0.0595. The highest BCUT2D eigenvalue weighted by Crippen LogP contribution is 2.37. The molecule has 1 aliphatic rings. The van der Waals surface area contributed by atoms with E-state index in [0.717, 1.165) is 13.1 Å². The fraction of sp³-hybridized carbons (Fsp3) is 0.632. The van der Waals surface area contributed by atoms with Gasteiger partial charge in [-0.3, -0.25) is 4.99 Å². The fourth-order valence-electron chi connectivity index (χ4n) is 2.97. The Labute approximate surface area is 162 Å². The Kier molecular flexibility index (Phi) is 7.83. The number of guanidine groups is 1. The van der Waals surface area contributed by atoms with Gasteiger partial charge in [0.1, 0.15) is 0 Å². The van der Waals surface area contributed by atoms with Crippen LogP contribution >= 0.6 is 11.8 Å². The maximum absolute atomic E-state index is 12.7. The van der Waals surface area contributed by atoms with Crippen molar-refractivity contribution in [2.75, 3.05) is 24.6 Å². The number of nitrogens with zero attached hydrogens (tertiary/aromatic N) is 1. The molecule has 0 radical (unpaired) electrons. The van der Waals surface area contributed by atoms with Gasteiger partial charge in [0.15, 0.2) is 15.8 Å². The van der Waals surface area contributed by atoms with Crippen LogP contribution in [-0.2, 0) is 9.84 Å². The van der Waals surface area contributed by atoms with Crippen molar-refractivity contribution in [2.45, 2.75) is 55.7 Å². The number of sulfone groups is 1. The van der Waals surface area contributed by atoms with E-state index in [1.165, 1.54) is 18.6 Å². The van der Waals surface area contributed by atoms with Crippen molar-refractivity contribution >= 4 is 27.6 Å². The molecule has 26 heavy (non-hydrogen) atoms. The van der Waals surface area contributed by atoms with E-state index in [9.17, 15) is 8.42 Å². The smallest absolute Gasteiger partial charge is 0.191 e. The van der Waals surface area contributed by atoms with Crippen LogP contribution in [0.5, 0.6) is 0 Å². The van der Waals surface area contributed by atoms with Gasteiger partial charge in [-0.05, 0) is 51.0 Å². The van der Waals surface area contributed by atoms with E-state index in [-0.39, 0.29) is 16.5 Å². The first-order chi connectivity index (χ1) is 12.4. The van der Waals surface area contributed by atoms with Gasteiger partial charge in [0.2, 0.25) is 0 Å². The molecule has 1 fully saturated rings. The van der Waals surface area contributed by atoms with Crippen LogP contribution < -0.4 is 10.6 Å². The number of nitrogens with one attached hydrogen (secondary N) is 2. The summed E-state index contributed by atoms with van der Waals surface area (Å²) in [6, 6.07) is 8.46. The standard InChI is InChI=1S/C19H31N3O2S2/c1-4-16(14-26(23,24)17-10-7-6-8-11-17)22-18(20-5-2)21-15-19(3)12-9-13-25-19/h6-8,10-11,16H,4-5,9,12-15H2,1-3H3,(H2,20,21,22). The van der Waals surface area contributed by atoms with Gasteiger partial charge in [-0.25, -0.2) is 8.42 Å². The van der Waals surface area contributed by atoms with Crippen molar-refractivity contribution < 1.29 is 8.42 Å². The molecular weight excluding hydrogens is 366 g/mol. The summed E-state index contributed by atoms with van der Waals surface area (Å²) in [5, 5.41) is 6.57. The largest absolute Gasteiger partial charge is 0.357 e. The quantitative estimate of drug-likeness (QED) is 0.521. The maximum atomic E-state index is 12.7. The number of hydrogen-bond acceptors (Lipinski definition) is 4. The van der Waals surface area contributed by atoms with E-state index >= 15 is 0 Å². The summed E-state index contributed by atoms with van der Waals surface area (Å²) in [6.07, 6.45) is 3.14. The van der Waals surface area contributed by atoms with Gasteiger partial charge in [-0.2, -0.15) is 11.8 Å². The van der Waals surface area contributed by atoms with Crippen LogP contribution in [0.15, 0.2) is 40.2 Å². The summed E-state index contributed by atoms with van der Waals surface area (Å²) in [5.41, 5.74) is 0. The molecule has 2 atom stereocenters. The highest BCUT2D eigenvalue weighted by atomic mass is 32.2. The van der Waals surface area contributed by atoms with Crippen LogP contribution in [0.4, 0.5) is 0 Å². The molecule has 2 rings (SSSR count). The molecule has 2 N–H and O–H groups in total. The van der Waals surface area contributed by atoms with Gasteiger partial charge in [0, 0.05) is 17.3 Å². The van der Waals surface area contributed by atoms with Gasteiger partial charge in [-0.15, -0.1) is 0 Å². The topological polar surface area (TPSA) is 70.6 Å². The minimum Gasteiger partial charge on any atom is -0.357 e. The van der Waals surface area contributed by atoms with Gasteiger partial charge < -0.3 is 10.6 Å². The molecule has 2 unspecified atom stereocenters. The minimum atomic E-state index is -3.32. The molecular formula is C19H31N3O2S2. The Morgan fingerprint density at radius 2 is 2.04 bits per heavy atom. The molecule has 0 bridgehead atoms. The van der Waals surface area contributed by atoms with E-state index in [1.807, 2.05) is 31.7 Å². The number of aliphatic imine (C=N–C) groups is 1. The third-order valence-corrected chi connectivity index (χ3v) is 7.93. The number of hydrogen-bond donors (Lipinski definition) is 2. The highest BCUT2D eigenvalue weighted by Gasteiger charge is 2.29. The molecule has 146 valence electrons. The van der Waals surface area contributed by atoms with Crippen molar-refractivity contribution in [3.05, 3.63) is 30.3 Å².